The minimum absolute atomic E-state index is 0.575. The minimum Gasteiger partial charge on any atom is -0.455 e. The molecule has 4 nitrogen and oxygen atoms in total. The summed E-state index contributed by atoms with van der Waals surface area (Å²) in [4.78, 5) is 7.39. The molecule has 0 amide bonds. The van der Waals surface area contributed by atoms with E-state index in [1.165, 1.54) is 27.5 Å². The van der Waals surface area contributed by atoms with Gasteiger partial charge in [-0.25, -0.2) is 4.98 Å². The molecular weight excluding hydrogens is 769 g/mol. The monoisotopic (exact) mass is 806 g/mol. The van der Waals surface area contributed by atoms with E-state index in [1.807, 2.05) is 48.5 Å². The molecule has 0 unspecified atom stereocenters. The third-order valence-electron chi connectivity index (χ3n) is 12.1. The first-order valence-corrected chi connectivity index (χ1v) is 21.3. The SMILES string of the molecule is c1ccc(-c2cccc(N(c3ccc(-c4c5oc(-c6ccccc6)nc5cc5c4oc4ccccc45)cc3)c3ccc(-c4ccccc4)c(-c4cccc5ccccc45)c3)c2)cc1. The third kappa shape index (κ3) is 6.44. The summed E-state index contributed by atoms with van der Waals surface area (Å²) < 4.78 is 13.3. The number of aromatic nitrogens is 1. The Kier molecular flexibility index (Phi) is 8.79. The molecule has 0 bridgehead atoms. The van der Waals surface area contributed by atoms with Crippen molar-refractivity contribution in [3.05, 3.63) is 231 Å². The van der Waals surface area contributed by atoms with Gasteiger partial charge in [-0.05, 0) is 110 Å². The Morgan fingerprint density at radius 3 is 1.75 bits per heavy atom. The topological polar surface area (TPSA) is 42.4 Å². The van der Waals surface area contributed by atoms with Gasteiger partial charge in [0, 0.05) is 33.4 Å². The lowest BCUT2D eigenvalue weighted by Gasteiger charge is -2.27. The highest BCUT2D eigenvalue weighted by molar-refractivity contribution is 6.16. The maximum absolute atomic E-state index is 6.67. The van der Waals surface area contributed by atoms with Crippen molar-refractivity contribution in [2.24, 2.45) is 0 Å². The Bertz CT molecular complexity index is 3600. The van der Waals surface area contributed by atoms with E-state index in [2.05, 4.69) is 187 Å². The second kappa shape index (κ2) is 15.2. The molecule has 0 atom stereocenters. The maximum atomic E-state index is 6.67. The van der Waals surface area contributed by atoms with E-state index in [1.54, 1.807) is 0 Å². The fraction of sp³-hybridized carbons (Fsp3) is 0. The zero-order chi connectivity index (χ0) is 41.7. The highest BCUT2D eigenvalue weighted by Gasteiger charge is 2.23. The first-order chi connectivity index (χ1) is 31.2. The van der Waals surface area contributed by atoms with Gasteiger partial charge in [0.2, 0.25) is 5.89 Å². The standard InChI is InChI=1S/C59H38N2O2/c1-4-16-39(17-5-1)44-24-14-25-46(36-44)61(47-34-35-49(40-18-6-2-7-19-40)52(37-47)50-28-15-23-41-20-10-11-26-48(41)50)45-32-30-42(31-33-45)56-57-53(51-27-12-13-29-55(51)62-57)38-54-58(56)63-59(60-54)43-21-8-3-9-22-43/h1-38H. The van der Waals surface area contributed by atoms with Crippen LogP contribution in [0.4, 0.5) is 17.1 Å². The van der Waals surface area contributed by atoms with Crippen molar-refractivity contribution < 1.29 is 8.83 Å². The molecule has 296 valence electrons. The Morgan fingerprint density at radius 2 is 0.952 bits per heavy atom. The van der Waals surface area contributed by atoms with Crippen LogP contribution < -0.4 is 4.90 Å². The van der Waals surface area contributed by atoms with Crippen LogP contribution in [0.1, 0.15) is 0 Å². The molecule has 4 heteroatoms. The number of rotatable bonds is 8. The lowest BCUT2D eigenvalue weighted by Crippen LogP contribution is -2.10. The van der Waals surface area contributed by atoms with E-state index in [9.17, 15) is 0 Å². The molecule has 0 saturated carbocycles. The summed E-state index contributed by atoms with van der Waals surface area (Å²) in [7, 11) is 0. The van der Waals surface area contributed by atoms with E-state index < -0.39 is 0 Å². The number of furan rings is 1. The van der Waals surface area contributed by atoms with Crippen molar-refractivity contribution in [2.45, 2.75) is 0 Å². The lowest BCUT2D eigenvalue weighted by atomic mass is 9.90. The minimum atomic E-state index is 0.575. The molecule has 0 aliphatic heterocycles. The van der Waals surface area contributed by atoms with Crippen LogP contribution in [-0.2, 0) is 0 Å². The molecule has 10 aromatic carbocycles. The van der Waals surface area contributed by atoms with Crippen molar-refractivity contribution in [3.63, 3.8) is 0 Å². The molecule has 0 N–H and O–H groups in total. The van der Waals surface area contributed by atoms with Crippen LogP contribution >= 0.6 is 0 Å². The molecule has 2 aromatic heterocycles. The van der Waals surface area contributed by atoms with Crippen molar-refractivity contribution in [3.8, 4) is 56.0 Å². The van der Waals surface area contributed by atoms with Crippen LogP contribution in [0.3, 0.4) is 0 Å². The van der Waals surface area contributed by atoms with E-state index >= 15 is 0 Å². The number of fused-ring (bicyclic) bond motifs is 5. The Balaban J connectivity index is 1.06. The summed E-state index contributed by atoms with van der Waals surface area (Å²) in [5, 5.41) is 4.47. The highest BCUT2D eigenvalue weighted by atomic mass is 16.4. The largest absolute Gasteiger partial charge is 0.455 e. The molecule has 12 rings (SSSR count). The summed E-state index contributed by atoms with van der Waals surface area (Å²) in [5.41, 5.74) is 15.9. The van der Waals surface area contributed by atoms with Gasteiger partial charge in [-0.3, -0.25) is 0 Å². The van der Waals surface area contributed by atoms with Gasteiger partial charge in [-0.2, -0.15) is 0 Å². The molecule has 0 aliphatic carbocycles. The number of hydrogen-bond donors (Lipinski definition) is 0. The molecule has 63 heavy (non-hydrogen) atoms. The van der Waals surface area contributed by atoms with Crippen molar-refractivity contribution in [1.82, 2.24) is 4.98 Å². The van der Waals surface area contributed by atoms with Crippen molar-refractivity contribution in [1.29, 1.82) is 0 Å². The van der Waals surface area contributed by atoms with Gasteiger partial charge in [0.1, 0.15) is 16.7 Å². The van der Waals surface area contributed by atoms with Gasteiger partial charge >= 0.3 is 0 Å². The molecule has 0 saturated heterocycles. The van der Waals surface area contributed by atoms with Crippen LogP contribution in [0.5, 0.6) is 0 Å². The molecular formula is C59H38N2O2. The number of nitrogens with zero attached hydrogens (tertiary/aromatic N) is 2. The first kappa shape index (κ1) is 36.4. The summed E-state index contributed by atoms with van der Waals surface area (Å²) in [5.74, 6) is 0.575. The number of para-hydroxylation sites is 1. The van der Waals surface area contributed by atoms with E-state index in [-0.39, 0.29) is 0 Å². The van der Waals surface area contributed by atoms with E-state index in [4.69, 9.17) is 13.8 Å². The van der Waals surface area contributed by atoms with E-state index in [0.717, 1.165) is 77.9 Å². The predicted molar refractivity (Wildman–Crippen MR) is 261 cm³/mol. The summed E-state index contributed by atoms with van der Waals surface area (Å²) in [6.07, 6.45) is 0. The fourth-order valence-electron chi connectivity index (χ4n) is 9.11. The highest BCUT2D eigenvalue weighted by Crippen LogP contribution is 2.46. The zero-order valence-electron chi connectivity index (χ0n) is 34.2. The Hall–Kier alpha value is -8.47. The number of anilines is 3. The molecule has 0 aliphatic rings. The second-order valence-electron chi connectivity index (χ2n) is 15.9. The fourth-order valence-corrected chi connectivity index (χ4v) is 9.11. The molecule has 0 radical (unpaired) electrons. The first-order valence-electron chi connectivity index (χ1n) is 21.3. The van der Waals surface area contributed by atoms with Gasteiger partial charge in [-0.15, -0.1) is 0 Å². The normalized spacial score (nSPS) is 11.5. The third-order valence-corrected chi connectivity index (χ3v) is 12.1. The maximum Gasteiger partial charge on any atom is 0.227 e. The van der Waals surface area contributed by atoms with Crippen LogP contribution in [0.25, 0.3) is 99.8 Å². The van der Waals surface area contributed by atoms with Gasteiger partial charge in [0.15, 0.2) is 5.58 Å². The van der Waals surface area contributed by atoms with Gasteiger partial charge in [-0.1, -0.05) is 170 Å². The van der Waals surface area contributed by atoms with Crippen molar-refractivity contribution in [2.75, 3.05) is 4.90 Å². The van der Waals surface area contributed by atoms with Gasteiger partial charge < -0.3 is 13.7 Å². The summed E-state index contributed by atoms with van der Waals surface area (Å²) in [6, 6.07) is 81.3. The van der Waals surface area contributed by atoms with E-state index in [0.29, 0.717) is 11.5 Å². The lowest BCUT2D eigenvalue weighted by molar-refractivity contribution is 0.619. The Labute approximate surface area is 364 Å². The van der Waals surface area contributed by atoms with Gasteiger partial charge in [0.25, 0.3) is 0 Å². The quantitative estimate of drug-likeness (QED) is 0.153. The predicted octanol–water partition coefficient (Wildman–Crippen LogP) is 16.7. The number of benzene rings is 10. The molecule has 12 aromatic rings. The van der Waals surface area contributed by atoms with Crippen LogP contribution in [0.15, 0.2) is 239 Å². The second-order valence-corrected chi connectivity index (χ2v) is 15.9. The molecule has 0 fully saturated rings. The van der Waals surface area contributed by atoms with Crippen LogP contribution in [-0.4, -0.2) is 4.98 Å². The molecule has 2 heterocycles. The summed E-state index contributed by atoms with van der Waals surface area (Å²) in [6.45, 7) is 0. The van der Waals surface area contributed by atoms with Gasteiger partial charge in [0.05, 0.1) is 5.56 Å². The number of hydrogen-bond acceptors (Lipinski definition) is 4. The molecule has 0 spiro atoms. The Morgan fingerprint density at radius 1 is 0.333 bits per heavy atom. The average Bonchev–Trinajstić information content (AvgIpc) is 3.96. The average molecular weight is 807 g/mol. The van der Waals surface area contributed by atoms with Crippen LogP contribution in [0, 0.1) is 0 Å². The van der Waals surface area contributed by atoms with Crippen LogP contribution in [0.2, 0.25) is 0 Å². The van der Waals surface area contributed by atoms with Crippen molar-refractivity contribution >= 4 is 60.9 Å². The number of oxazole rings is 1. The summed E-state index contributed by atoms with van der Waals surface area (Å²) >= 11 is 0. The zero-order valence-corrected chi connectivity index (χ0v) is 34.2. The smallest absolute Gasteiger partial charge is 0.227 e.